The summed E-state index contributed by atoms with van der Waals surface area (Å²) in [6, 6.07) is 6.32. The van der Waals surface area contributed by atoms with E-state index in [4.69, 9.17) is 5.26 Å². The number of imidazole rings is 1. The molecule has 3 heteroatoms. The maximum absolute atomic E-state index is 8.95. The Morgan fingerprint density at radius 1 is 1.12 bits per heavy atom. The highest BCUT2D eigenvalue weighted by atomic mass is 14.9. The van der Waals surface area contributed by atoms with Crippen molar-refractivity contribution in [3.05, 3.63) is 40.8 Å². The van der Waals surface area contributed by atoms with Gasteiger partial charge < -0.3 is 4.98 Å². The molecule has 1 N–H and O–H groups in total. The highest BCUT2D eigenvalue weighted by Gasteiger charge is 2.10. The largest absolute Gasteiger partial charge is 0.343 e. The Labute approximate surface area is 94.8 Å². The molecule has 3 nitrogen and oxygen atoms in total. The summed E-state index contributed by atoms with van der Waals surface area (Å²) in [6.45, 7) is 6.20. The van der Waals surface area contributed by atoms with Crippen LogP contribution in [0.2, 0.25) is 0 Å². The number of aromatic amines is 1. The summed E-state index contributed by atoms with van der Waals surface area (Å²) in [4.78, 5) is 7.01. The van der Waals surface area contributed by atoms with Crippen molar-refractivity contribution in [2.24, 2.45) is 0 Å². The number of benzene rings is 1. The van der Waals surface area contributed by atoms with E-state index in [0.29, 0.717) is 5.69 Å². The molecule has 0 atom stereocenters. The Morgan fingerprint density at radius 2 is 1.81 bits per heavy atom. The van der Waals surface area contributed by atoms with Crippen molar-refractivity contribution in [2.75, 3.05) is 0 Å². The molecule has 2 aromatic rings. The van der Waals surface area contributed by atoms with Gasteiger partial charge in [0, 0.05) is 5.56 Å². The fourth-order valence-electron chi connectivity index (χ4n) is 1.81. The second-order valence-corrected chi connectivity index (χ2v) is 3.99. The van der Waals surface area contributed by atoms with E-state index < -0.39 is 0 Å². The van der Waals surface area contributed by atoms with Crippen LogP contribution in [0.4, 0.5) is 0 Å². The van der Waals surface area contributed by atoms with E-state index in [9.17, 15) is 0 Å². The van der Waals surface area contributed by atoms with Gasteiger partial charge in [0.25, 0.3) is 0 Å². The van der Waals surface area contributed by atoms with Crippen molar-refractivity contribution in [3.8, 4) is 17.3 Å². The number of H-pyrrole nitrogens is 1. The number of nitrogens with one attached hydrogen (secondary N) is 1. The van der Waals surface area contributed by atoms with Crippen LogP contribution < -0.4 is 0 Å². The lowest BCUT2D eigenvalue weighted by molar-refractivity contribution is 1.28. The van der Waals surface area contributed by atoms with E-state index >= 15 is 0 Å². The molecule has 0 aliphatic rings. The van der Waals surface area contributed by atoms with Crippen LogP contribution in [0.3, 0.4) is 0 Å². The normalized spacial score (nSPS) is 10.1. The summed E-state index contributed by atoms with van der Waals surface area (Å²) in [6.07, 6.45) is 1.56. The summed E-state index contributed by atoms with van der Waals surface area (Å²) in [5.74, 6) is 0. The quantitative estimate of drug-likeness (QED) is 0.788. The van der Waals surface area contributed by atoms with Crippen molar-refractivity contribution in [3.63, 3.8) is 0 Å². The monoisotopic (exact) mass is 211 g/mol. The predicted molar refractivity (Wildman–Crippen MR) is 62.9 cm³/mol. The predicted octanol–water partition coefficient (Wildman–Crippen LogP) is 2.87. The number of aromatic nitrogens is 2. The van der Waals surface area contributed by atoms with Crippen molar-refractivity contribution in [1.82, 2.24) is 9.97 Å². The minimum absolute atomic E-state index is 0.450. The molecular weight excluding hydrogens is 198 g/mol. The smallest absolute Gasteiger partial charge is 0.166 e. The van der Waals surface area contributed by atoms with Gasteiger partial charge in [-0.25, -0.2) is 4.98 Å². The lowest BCUT2D eigenvalue weighted by atomic mass is 9.98. The molecule has 2 rings (SSSR count). The van der Waals surface area contributed by atoms with Gasteiger partial charge in [-0.1, -0.05) is 6.07 Å². The van der Waals surface area contributed by atoms with Crippen LogP contribution in [-0.2, 0) is 0 Å². The van der Waals surface area contributed by atoms with Gasteiger partial charge in [0.05, 0.1) is 12.0 Å². The molecule has 0 amide bonds. The second-order valence-electron chi connectivity index (χ2n) is 3.99. The third kappa shape index (κ3) is 1.59. The van der Waals surface area contributed by atoms with E-state index in [0.717, 1.165) is 16.8 Å². The zero-order valence-corrected chi connectivity index (χ0v) is 9.63. The first-order valence-corrected chi connectivity index (χ1v) is 5.15. The van der Waals surface area contributed by atoms with Crippen molar-refractivity contribution in [1.29, 1.82) is 5.26 Å². The number of hydrogen-bond acceptors (Lipinski definition) is 2. The van der Waals surface area contributed by atoms with E-state index in [1.54, 1.807) is 6.33 Å². The molecule has 0 saturated heterocycles. The molecule has 80 valence electrons. The third-order valence-corrected chi connectivity index (χ3v) is 2.86. The minimum atomic E-state index is 0.450. The van der Waals surface area contributed by atoms with Gasteiger partial charge in [-0.2, -0.15) is 5.26 Å². The summed E-state index contributed by atoms with van der Waals surface area (Å²) in [5, 5.41) is 8.95. The SMILES string of the molecule is Cc1cc(C)c(-c2[nH]cnc2C#N)cc1C. The van der Waals surface area contributed by atoms with Crippen LogP contribution in [0, 0.1) is 32.1 Å². The highest BCUT2D eigenvalue weighted by Crippen LogP contribution is 2.26. The molecule has 0 spiro atoms. The summed E-state index contributed by atoms with van der Waals surface area (Å²) >= 11 is 0. The molecule has 0 aliphatic heterocycles. The maximum atomic E-state index is 8.95. The van der Waals surface area contributed by atoms with Gasteiger partial charge in [-0.05, 0) is 43.5 Å². The topological polar surface area (TPSA) is 52.5 Å². The Bertz CT molecular complexity index is 573. The summed E-state index contributed by atoms with van der Waals surface area (Å²) in [7, 11) is 0. The lowest BCUT2D eigenvalue weighted by Gasteiger charge is -2.08. The number of nitriles is 1. The van der Waals surface area contributed by atoms with Crippen LogP contribution in [0.15, 0.2) is 18.5 Å². The Balaban J connectivity index is 2.66. The third-order valence-electron chi connectivity index (χ3n) is 2.86. The Hall–Kier alpha value is -2.08. The molecular formula is C13H13N3. The first-order valence-electron chi connectivity index (χ1n) is 5.15. The van der Waals surface area contributed by atoms with E-state index in [1.807, 2.05) is 6.92 Å². The van der Waals surface area contributed by atoms with Crippen LogP contribution in [0.1, 0.15) is 22.4 Å². The van der Waals surface area contributed by atoms with Crippen LogP contribution in [0.5, 0.6) is 0 Å². The van der Waals surface area contributed by atoms with E-state index in [1.165, 1.54) is 11.1 Å². The van der Waals surface area contributed by atoms with E-state index in [2.05, 4.69) is 42.0 Å². The first kappa shape index (κ1) is 10.4. The zero-order chi connectivity index (χ0) is 11.7. The molecule has 0 unspecified atom stereocenters. The molecule has 0 aliphatic carbocycles. The van der Waals surface area contributed by atoms with Gasteiger partial charge in [0.1, 0.15) is 6.07 Å². The fraction of sp³-hybridized carbons (Fsp3) is 0.231. The number of aryl methyl sites for hydroxylation is 3. The van der Waals surface area contributed by atoms with Gasteiger partial charge in [0.15, 0.2) is 5.69 Å². The van der Waals surface area contributed by atoms with Gasteiger partial charge in [-0.15, -0.1) is 0 Å². The number of hydrogen-bond donors (Lipinski definition) is 1. The number of nitrogens with zero attached hydrogens (tertiary/aromatic N) is 2. The average Bonchev–Trinajstić information content (AvgIpc) is 2.71. The summed E-state index contributed by atoms with van der Waals surface area (Å²) < 4.78 is 0. The van der Waals surface area contributed by atoms with Crippen LogP contribution in [0.25, 0.3) is 11.3 Å². The lowest BCUT2D eigenvalue weighted by Crippen LogP contribution is -1.91. The molecule has 0 fully saturated rings. The molecule has 0 bridgehead atoms. The van der Waals surface area contributed by atoms with Gasteiger partial charge in [0.2, 0.25) is 0 Å². The molecule has 0 saturated carbocycles. The minimum Gasteiger partial charge on any atom is -0.343 e. The first-order chi connectivity index (χ1) is 7.63. The highest BCUT2D eigenvalue weighted by molar-refractivity contribution is 5.69. The molecule has 0 radical (unpaired) electrons. The van der Waals surface area contributed by atoms with Crippen molar-refractivity contribution < 1.29 is 0 Å². The zero-order valence-electron chi connectivity index (χ0n) is 9.63. The molecule has 1 heterocycles. The van der Waals surface area contributed by atoms with Gasteiger partial charge in [-0.3, -0.25) is 0 Å². The van der Waals surface area contributed by atoms with Crippen LogP contribution in [-0.4, -0.2) is 9.97 Å². The average molecular weight is 211 g/mol. The Morgan fingerprint density at radius 3 is 2.50 bits per heavy atom. The van der Waals surface area contributed by atoms with Crippen molar-refractivity contribution >= 4 is 0 Å². The fourth-order valence-corrected chi connectivity index (χ4v) is 1.81. The second kappa shape index (κ2) is 3.82. The Kier molecular flexibility index (Phi) is 2.49. The van der Waals surface area contributed by atoms with E-state index in [-0.39, 0.29) is 0 Å². The molecule has 1 aromatic carbocycles. The standard InChI is InChI=1S/C13H13N3/c1-8-4-10(3)11(5-9(8)2)13-12(6-14)15-7-16-13/h4-5,7H,1-3H3,(H,15,16). The summed E-state index contributed by atoms with van der Waals surface area (Å²) in [5.41, 5.74) is 5.95. The van der Waals surface area contributed by atoms with Gasteiger partial charge >= 0.3 is 0 Å². The maximum Gasteiger partial charge on any atom is 0.166 e. The molecule has 16 heavy (non-hydrogen) atoms. The van der Waals surface area contributed by atoms with Crippen molar-refractivity contribution in [2.45, 2.75) is 20.8 Å². The number of rotatable bonds is 1. The van der Waals surface area contributed by atoms with Crippen LogP contribution >= 0.6 is 0 Å². The molecule has 1 aromatic heterocycles.